The maximum absolute atomic E-state index is 13.6. The molecule has 36 heavy (non-hydrogen) atoms. The Labute approximate surface area is 219 Å². The number of nitrogens with zero attached hydrogens (tertiary/aromatic N) is 1. The van der Waals surface area contributed by atoms with Crippen LogP contribution in [-0.4, -0.2) is 48.4 Å². The monoisotopic (exact) mass is 525 g/mol. The molecule has 0 spiro atoms. The summed E-state index contributed by atoms with van der Waals surface area (Å²) >= 11 is 7.71. The van der Waals surface area contributed by atoms with Gasteiger partial charge in [0.05, 0.1) is 17.5 Å². The molecule has 1 aliphatic rings. The molecule has 0 aliphatic carbocycles. The van der Waals surface area contributed by atoms with Crippen LogP contribution < -0.4 is 10.6 Å². The van der Waals surface area contributed by atoms with E-state index >= 15 is 0 Å². The van der Waals surface area contributed by atoms with Gasteiger partial charge in [0.1, 0.15) is 6.04 Å². The highest BCUT2D eigenvalue weighted by molar-refractivity contribution is 7.12. The minimum absolute atomic E-state index is 0.0387. The van der Waals surface area contributed by atoms with Crippen molar-refractivity contribution in [3.05, 3.63) is 93.1 Å². The van der Waals surface area contributed by atoms with Gasteiger partial charge in [0.15, 0.2) is 0 Å². The molecule has 1 fully saturated rings. The third-order valence-electron chi connectivity index (χ3n) is 5.97. The molecule has 2 heterocycles. The van der Waals surface area contributed by atoms with E-state index in [9.17, 15) is 14.4 Å². The highest BCUT2D eigenvalue weighted by Gasteiger charge is 2.32. The standard InChI is InChI=1S/C27H28ClN3O4S/c28-22-12-5-4-10-20(22)18-31(24(32)17-30-26(33)23-13-7-15-36-23)25(19-8-2-1-3-9-19)27(34)29-16-21-11-6-14-35-21/h1-5,7-10,12-13,15,21,25H,6,11,14,16-18H2,(H,29,34)(H,30,33)/t21-,25-/m0/s1. The maximum Gasteiger partial charge on any atom is 0.261 e. The number of benzene rings is 2. The molecular formula is C27H28ClN3O4S. The number of rotatable bonds is 10. The smallest absolute Gasteiger partial charge is 0.261 e. The van der Waals surface area contributed by atoms with E-state index in [2.05, 4.69) is 10.6 Å². The normalized spacial score (nSPS) is 15.8. The molecule has 3 aromatic rings. The Bertz CT molecular complexity index is 1170. The lowest BCUT2D eigenvalue weighted by Crippen LogP contribution is -2.48. The number of amides is 3. The number of hydrogen-bond donors (Lipinski definition) is 2. The minimum Gasteiger partial charge on any atom is -0.376 e. The van der Waals surface area contributed by atoms with Gasteiger partial charge >= 0.3 is 0 Å². The average Bonchev–Trinajstić information content (AvgIpc) is 3.62. The highest BCUT2D eigenvalue weighted by atomic mass is 35.5. The van der Waals surface area contributed by atoms with Crippen molar-refractivity contribution >= 4 is 40.7 Å². The fraction of sp³-hybridized carbons (Fsp3) is 0.296. The van der Waals surface area contributed by atoms with E-state index in [4.69, 9.17) is 16.3 Å². The van der Waals surface area contributed by atoms with Crippen LogP contribution in [-0.2, 0) is 20.9 Å². The largest absolute Gasteiger partial charge is 0.376 e. The number of halogens is 1. The van der Waals surface area contributed by atoms with Gasteiger partial charge in [0, 0.05) is 24.7 Å². The second kappa shape index (κ2) is 12.7. The summed E-state index contributed by atoms with van der Waals surface area (Å²) in [7, 11) is 0. The zero-order chi connectivity index (χ0) is 25.3. The van der Waals surface area contributed by atoms with Crippen molar-refractivity contribution in [2.75, 3.05) is 19.7 Å². The summed E-state index contributed by atoms with van der Waals surface area (Å²) in [5, 5.41) is 7.94. The number of ether oxygens (including phenoxy) is 1. The molecule has 3 amide bonds. The Morgan fingerprint density at radius 3 is 2.50 bits per heavy atom. The fourth-order valence-corrected chi connectivity index (χ4v) is 4.95. The van der Waals surface area contributed by atoms with Crippen LogP contribution in [0.5, 0.6) is 0 Å². The molecule has 188 valence electrons. The molecule has 1 aliphatic heterocycles. The Kier molecular flexibility index (Phi) is 9.11. The summed E-state index contributed by atoms with van der Waals surface area (Å²) < 4.78 is 5.65. The molecule has 9 heteroatoms. The number of carbonyl (C=O) groups is 3. The molecule has 2 atom stereocenters. The molecule has 0 saturated carbocycles. The molecule has 0 radical (unpaired) electrons. The maximum atomic E-state index is 13.6. The second-order valence-corrected chi connectivity index (χ2v) is 9.82. The van der Waals surface area contributed by atoms with Gasteiger partial charge in [-0.3, -0.25) is 14.4 Å². The predicted molar refractivity (Wildman–Crippen MR) is 140 cm³/mol. The Morgan fingerprint density at radius 2 is 1.81 bits per heavy atom. The Hall–Kier alpha value is -3.20. The van der Waals surface area contributed by atoms with E-state index in [1.165, 1.54) is 16.2 Å². The van der Waals surface area contributed by atoms with Gasteiger partial charge < -0.3 is 20.3 Å². The first kappa shape index (κ1) is 25.9. The van der Waals surface area contributed by atoms with Crippen LogP contribution in [0, 0.1) is 0 Å². The third-order valence-corrected chi connectivity index (χ3v) is 7.20. The summed E-state index contributed by atoms with van der Waals surface area (Å²) in [5.41, 5.74) is 1.36. The molecule has 0 unspecified atom stereocenters. The van der Waals surface area contributed by atoms with Crippen LogP contribution in [0.15, 0.2) is 72.1 Å². The second-order valence-electron chi connectivity index (χ2n) is 8.47. The van der Waals surface area contributed by atoms with E-state index in [-0.39, 0.29) is 31.0 Å². The zero-order valence-corrected chi connectivity index (χ0v) is 21.3. The minimum atomic E-state index is -0.921. The van der Waals surface area contributed by atoms with Crippen molar-refractivity contribution in [3.8, 4) is 0 Å². The topological polar surface area (TPSA) is 87.7 Å². The molecule has 1 saturated heterocycles. The highest BCUT2D eigenvalue weighted by Crippen LogP contribution is 2.26. The van der Waals surface area contributed by atoms with Gasteiger partial charge in [-0.05, 0) is 41.5 Å². The van der Waals surface area contributed by atoms with E-state index in [0.29, 0.717) is 34.2 Å². The quantitative estimate of drug-likeness (QED) is 0.415. The van der Waals surface area contributed by atoms with E-state index in [1.807, 2.05) is 48.5 Å². The number of nitrogens with one attached hydrogen (secondary N) is 2. The first-order valence-electron chi connectivity index (χ1n) is 11.8. The van der Waals surface area contributed by atoms with E-state index in [1.54, 1.807) is 23.6 Å². The van der Waals surface area contributed by atoms with Crippen LogP contribution in [0.2, 0.25) is 5.02 Å². The van der Waals surface area contributed by atoms with Crippen molar-refractivity contribution in [2.45, 2.75) is 31.5 Å². The lowest BCUT2D eigenvalue weighted by Gasteiger charge is -2.32. The van der Waals surface area contributed by atoms with Crippen molar-refractivity contribution in [1.82, 2.24) is 15.5 Å². The van der Waals surface area contributed by atoms with Crippen molar-refractivity contribution < 1.29 is 19.1 Å². The average molecular weight is 526 g/mol. The zero-order valence-electron chi connectivity index (χ0n) is 19.7. The van der Waals surface area contributed by atoms with Gasteiger partial charge in [-0.1, -0.05) is 66.2 Å². The van der Waals surface area contributed by atoms with Crippen molar-refractivity contribution in [3.63, 3.8) is 0 Å². The van der Waals surface area contributed by atoms with Gasteiger partial charge in [0.25, 0.3) is 5.91 Å². The SMILES string of the molecule is O=C(NCC(=O)N(Cc1ccccc1Cl)[C@H](C(=O)NC[C@@H]1CCCO1)c1ccccc1)c1cccs1. The third kappa shape index (κ3) is 6.72. The number of carbonyl (C=O) groups excluding carboxylic acids is 3. The molecule has 1 aromatic heterocycles. The fourth-order valence-electron chi connectivity index (χ4n) is 4.11. The molecule has 0 bridgehead atoms. The summed E-state index contributed by atoms with van der Waals surface area (Å²) in [6.07, 6.45) is 1.81. The Morgan fingerprint density at radius 1 is 1.03 bits per heavy atom. The van der Waals surface area contributed by atoms with Crippen LogP contribution in [0.3, 0.4) is 0 Å². The molecule has 7 nitrogen and oxygen atoms in total. The van der Waals surface area contributed by atoms with E-state index < -0.39 is 11.9 Å². The molecule has 2 aromatic carbocycles. The summed E-state index contributed by atoms with van der Waals surface area (Å²) in [5.74, 6) is -1.06. The summed E-state index contributed by atoms with van der Waals surface area (Å²) in [6, 6.07) is 18.9. The van der Waals surface area contributed by atoms with Crippen molar-refractivity contribution in [1.29, 1.82) is 0 Å². The number of thiophene rings is 1. The van der Waals surface area contributed by atoms with Crippen molar-refractivity contribution in [2.24, 2.45) is 0 Å². The van der Waals surface area contributed by atoms with Gasteiger partial charge in [-0.25, -0.2) is 0 Å². The summed E-state index contributed by atoms with van der Waals surface area (Å²) in [6.45, 7) is 0.888. The first-order valence-corrected chi connectivity index (χ1v) is 13.1. The van der Waals surface area contributed by atoms with Gasteiger partial charge in [0.2, 0.25) is 11.8 Å². The lowest BCUT2D eigenvalue weighted by molar-refractivity contribution is -0.141. The van der Waals surface area contributed by atoms with Crippen LogP contribution in [0.4, 0.5) is 0 Å². The van der Waals surface area contributed by atoms with Crippen LogP contribution in [0.1, 0.15) is 39.7 Å². The number of hydrogen-bond acceptors (Lipinski definition) is 5. The van der Waals surface area contributed by atoms with E-state index in [0.717, 1.165) is 12.8 Å². The molecule has 4 rings (SSSR count). The lowest BCUT2D eigenvalue weighted by atomic mass is 10.0. The molecular weight excluding hydrogens is 498 g/mol. The Balaban J connectivity index is 1.60. The molecule has 2 N–H and O–H groups in total. The van der Waals surface area contributed by atoms with Gasteiger partial charge in [-0.15, -0.1) is 11.3 Å². The van der Waals surface area contributed by atoms with Gasteiger partial charge in [-0.2, -0.15) is 0 Å². The summed E-state index contributed by atoms with van der Waals surface area (Å²) in [4.78, 5) is 41.6. The predicted octanol–water partition coefficient (Wildman–Crippen LogP) is 4.20. The first-order chi connectivity index (χ1) is 17.5. The van der Waals surface area contributed by atoms with Crippen LogP contribution >= 0.6 is 22.9 Å². The van der Waals surface area contributed by atoms with Crippen LogP contribution in [0.25, 0.3) is 0 Å².